The molecule has 0 spiro atoms. The number of nitrogen functional groups attached to an aromatic ring is 1. The molecule has 0 radical (unpaired) electrons. The predicted molar refractivity (Wildman–Crippen MR) is 93.1 cm³/mol. The van der Waals surface area contributed by atoms with Gasteiger partial charge in [-0.1, -0.05) is 49.9 Å². The maximum absolute atomic E-state index is 12.6. The first-order valence-electron chi connectivity index (χ1n) is 7.94. The van der Waals surface area contributed by atoms with E-state index in [9.17, 15) is 18.0 Å². The lowest BCUT2D eigenvalue weighted by Gasteiger charge is -2.08. The summed E-state index contributed by atoms with van der Waals surface area (Å²) in [5, 5.41) is 8.90. The molecule has 3 N–H and O–H groups in total. The Morgan fingerprint density at radius 3 is 2.46 bits per heavy atom. The zero-order valence-electron chi connectivity index (χ0n) is 14.4. The molecule has 0 aliphatic rings. The van der Waals surface area contributed by atoms with E-state index in [-0.39, 0.29) is 16.8 Å². The van der Waals surface area contributed by atoms with E-state index in [4.69, 9.17) is 5.84 Å². The lowest BCUT2D eigenvalue weighted by atomic mass is 10.0. The molecule has 0 aliphatic carbocycles. The molecule has 1 heterocycles. The van der Waals surface area contributed by atoms with Gasteiger partial charge in [0.2, 0.25) is 11.1 Å². The van der Waals surface area contributed by atoms with Crippen molar-refractivity contribution in [1.82, 2.24) is 20.2 Å². The Kier molecular flexibility index (Phi) is 6.52. The van der Waals surface area contributed by atoms with Crippen molar-refractivity contribution in [2.75, 3.05) is 18.1 Å². The van der Waals surface area contributed by atoms with Gasteiger partial charge in [-0.15, -0.1) is 10.2 Å². The summed E-state index contributed by atoms with van der Waals surface area (Å²) in [6.07, 6.45) is -4.02. The Hall–Kier alpha value is -2.23. The molecule has 1 aromatic carbocycles. The van der Waals surface area contributed by atoms with Crippen LogP contribution in [0.15, 0.2) is 29.4 Å². The highest BCUT2D eigenvalue weighted by Gasteiger charge is 2.38. The summed E-state index contributed by atoms with van der Waals surface area (Å²) in [5.74, 6) is 4.05. The van der Waals surface area contributed by atoms with Crippen LogP contribution in [0.1, 0.15) is 36.7 Å². The molecule has 0 bridgehead atoms. The number of nitrogens with one attached hydrogen (secondary N) is 1. The third-order valence-corrected chi connectivity index (χ3v) is 4.58. The number of halogens is 3. The highest BCUT2D eigenvalue weighted by Crippen LogP contribution is 2.28. The van der Waals surface area contributed by atoms with Crippen molar-refractivity contribution in [2.45, 2.75) is 37.5 Å². The standard InChI is InChI=1S/C16H20F3N5OS/c1-10(2)12-5-3-11(4-6-12)7-8-21-13(25)9-26-15-23-22-14(24(15)20)16(17,18)19/h3-6,10H,7-9,20H2,1-2H3,(H,21,25). The summed E-state index contributed by atoms with van der Waals surface area (Å²) < 4.78 is 38.0. The van der Waals surface area contributed by atoms with Gasteiger partial charge in [-0.2, -0.15) is 13.2 Å². The van der Waals surface area contributed by atoms with Crippen LogP contribution in [-0.2, 0) is 17.4 Å². The van der Waals surface area contributed by atoms with Crippen LogP contribution in [0.25, 0.3) is 0 Å². The molecule has 10 heteroatoms. The van der Waals surface area contributed by atoms with Gasteiger partial charge in [-0.3, -0.25) is 4.79 Å². The first kappa shape index (κ1) is 20.1. The summed E-state index contributed by atoms with van der Waals surface area (Å²) in [7, 11) is 0. The molecule has 0 fully saturated rings. The van der Waals surface area contributed by atoms with Gasteiger partial charge in [0.15, 0.2) is 0 Å². The molecule has 1 amide bonds. The van der Waals surface area contributed by atoms with Crippen LogP contribution in [0, 0.1) is 0 Å². The molecular weight excluding hydrogens is 367 g/mol. The highest BCUT2D eigenvalue weighted by atomic mass is 32.2. The minimum absolute atomic E-state index is 0.0977. The quantitative estimate of drug-likeness (QED) is 0.563. The van der Waals surface area contributed by atoms with Crippen LogP contribution >= 0.6 is 11.8 Å². The van der Waals surface area contributed by atoms with Crippen molar-refractivity contribution >= 4 is 17.7 Å². The number of hydrogen-bond donors (Lipinski definition) is 2. The lowest BCUT2D eigenvalue weighted by molar-refractivity contribution is -0.146. The smallest absolute Gasteiger partial charge is 0.355 e. The molecular formula is C16H20F3N5OS. The van der Waals surface area contributed by atoms with E-state index in [1.165, 1.54) is 5.56 Å². The molecule has 142 valence electrons. The summed E-state index contributed by atoms with van der Waals surface area (Å²) in [4.78, 5) is 11.8. The van der Waals surface area contributed by atoms with Gasteiger partial charge in [0.05, 0.1) is 5.75 Å². The second-order valence-electron chi connectivity index (χ2n) is 5.96. The third kappa shape index (κ3) is 5.38. The molecule has 2 rings (SSSR count). The number of alkyl halides is 3. The Balaban J connectivity index is 1.76. The molecule has 0 saturated carbocycles. The van der Waals surface area contributed by atoms with Gasteiger partial charge in [0.1, 0.15) is 0 Å². The first-order chi connectivity index (χ1) is 12.2. The molecule has 26 heavy (non-hydrogen) atoms. The van der Waals surface area contributed by atoms with E-state index in [0.29, 0.717) is 23.6 Å². The number of carbonyl (C=O) groups excluding carboxylic acids is 1. The van der Waals surface area contributed by atoms with Crippen molar-refractivity contribution < 1.29 is 18.0 Å². The maximum Gasteiger partial charge on any atom is 0.453 e. The van der Waals surface area contributed by atoms with Crippen molar-refractivity contribution in [1.29, 1.82) is 0 Å². The van der Waals surface area contributed by atoms with Gasteiger partial charge in [0.25, 0.3) is 5.82 Å². The number of benzene rings is 1. The normalized spacial score (nSPS) is 11.8. The SMILES string of the molecule is CC(C)c1ccc(CCNC(=O)CSc2nnc(C(F)(F)F)n2N)cc1. The number of aromatic nitrogens is 3. The largest absolute Gasteiger partial charge is 0.453 e. The molecule has 0 unspecified atom stereocenters. The Bertz CT molecular complexity index is 743. The zero-order valence-corrected chi connectivity index (χ0v) is 15.2. The van der Waals surface area contributed by atoms with Crippen LogP contribution in [0.4, 0.5) is 13.2 Å². The van der Waals surface area contributed by atoms with E-state index >= 15 is 0 Å². The Labute approximate surface area is 153 Å². The zero-order chi connectivity index (χ0) is 19.3. The molecule has 0 saturated heterocycles. The summed E-state index contributed by atoms with van der Waals surface area (Å²) >= 11 is 0.796. The minimum atomic E-state index is -4.69. The third-order valence-electron chi connectivity index (χ3n) is 3.63. The fraction of sp³-hybridized carbons (Fsp3) is 0.438. The second-order valence-corrected chi connectivity index (χ2v) is 6.90. The van der Waals surface area contributed by atoms with Crippen LogP contribution in [0.3, 0.4) is 0 Å². The van der Waals surface area contributed by atoms with Crippen LogP contribution < -0.4 is 11.2 Å². The summed E-state index contributed by atoms with van der Waals surface area (Å²) in [6, 6.07) is 8.16. The number of hydrogen-bond acceptors (Lipinski definition) is 5. The van der Waals surface area contributed by atoms with Gasteiger partial charge >= 0.3 is 6.18 Å². The van der Waals surface area contributed by atoms with E-state index in [0.717, 1.165) is 17.3 Å². The maximum atomic E-state index is 12.6. The highest BCUT2D eigenvalue weighted by molar-refractivity contribution is 7.99. The fourth-order valence-corrected chi connectivity index (χ4v) is 2.85. The number of carbonyl (C=O) groups is 1. The van der Waals surface area contributed by atoms with Gasteiger partial charge in [-0.05, 0) is 23.5 Å². The molecule has 2 aromatic rings. The van der Waals surface area contributed by atoms with E-state index in [1.807, 2.05) is 12.1 Å². The van der Waals surface area contributed by atoms with Crippen molar-refractivity contribution in [3.63, 3.8) is 0 Å². The number of nitrogens with zero attached hydrogens (tertiary/aromatic N) is 3. The first-order valence-corrected chi connectivity index (χ1v) is 8.93. The fourth-order valence-electron chi connectivity index (χ4n) is 2.17. The molecule has 6 nitrogen and oxygen atoms in total. The Morgan fingerprint density at radius 1 is 1.27 bits per heavy atom. The van der Waals surface area contributed by atoms with Crippen molar-refractivity contribution in [3.05, 3.63) is 41.2 Å². The summed E-state index contributed by atoms with van der Waals surface area (Å²) in [6.45, 7) is 4.67. The molecule has 0 atom stereocenters. The molecule has 0 aliphatic heterocycles. The number of rotatable bonds is 7. The van der Waals surface area contributed by atoms with E-state index in [2.05, 4.69) is 41.5 Å². The van der Waals surface area contributed by atoms with Crippen LogP contribution in [-0.4, -0.2) is 33.1 Å². The average Bonchev–Trinajstić information content (AvgIpc) is 2.94. The number of thioether (sulfide) groups is 1. The average molecular weight is 387 g/mol. The van der Waals surface area contributed by atoms with Gasteiger partial charge in [-0.25, -0.2) is 4.68 Å². The van der Waals surface area contributed by atoms with Gasteiger partial charge < -0.3 is 11.2 Å². The number of amides is 1. The molecule has 1 aromatic heterocycles. The Morgan fingerprint density at radius 2 is 1.92 bits per heavy atom. The van der Waals surface area contributed by atoms with E-state index in [1.54, 1.807) is 0 Å². The van der Waals surface area contributed by atoms with Crippen molar-refractivity contribution in [2.24, 2.45) is 0 Å². The number of nitrogens with two attached hydrogens (primary N) is 1. The predicted octanol–water partition coefficient (Wildman–Crippen LogP) is 2.59. The van der Waals surface area contributed by atoms with Crippen LogP contribution in [0.5, 0.6) is 0 Å². The van der Waals surface area contributed by atoms with Crippen LogP contribution in [0.2, 0.25) is 0 Å². The summed E-state index contributed by atoms with van der Waals surface area (Å²) in [5.41, 5.74) is 2.34. The van der Waals surface area contributed by atoms with E-state index < -0.39 is 12.0 Å². The van der Waals surface area contributed by atoms with Crippen molar-refractivity contribution in [3.8, 4) is 0 Å². The minimum Gasteiger partial charge on any atom is -0.355 e. The second kappa shape index (κ2) is 8.43. The lowest BCUT2D eigenvalue weighted by Crippen LogP contribution is -2.27. The monoisotopic (exact) mass is 387 g/mol. The topological polar surface area (TPSA) is 85.8 Å². The van der Waals surface area contributed by atoms with Gasteiger partial charge in [0, 0.05) is 6.54 Å².